The van der Waals surface area contributed by atoms with E-state index in [0.29, 0.717) is 10.0 Å². The fraction of sp³-hybridized carbons (Fsp3) is 0.400. The Morgan fingerprint density at radius 1 is 1.06 bits per heavy atom. The lowest BCUT2D eigenvalue weighted by Crippen LogP contribution is -2.60. The molecule has 2 aliphatic rings. The molecular weight excluding hydrogens is 529 g/mol. The van der Waals surface area contributed by atoms with Crippen molar-refractivity contribution in [1.29, 1.82) is 0 Å². The van der Waals surface area contributed by atoms with Crippen LogP contribution in [0.3, 0.4) is 0 Å². The minimum Gasteiger partial charge on any atom is -0.356 e. The fourth-order valence-electron chi connectivity index (χ4n) is 5.38. The summed E-state index contributed by atoms with van der Waals surface area (Å²) in [6.45, 7) is -0.0945. The molecule has 0 saturated carbocycles. The van der Waals surface area contributed by atoms with Crippen LogP contribution in [0.5, 0.6) is 0 Å². The van der Waals surface area contributed by atoms with Crippen LogP contribution in [0.15, 0.2) is 59.1 Å². The van der Waals surface area contributed by atoms with Crippen LogP contribution in [-0.2, 0) is 24.7 Å². The van der Waals surface area contributed by atoms with Crippen molar-refractivity contribution in [3.63, 3.8) is 0 Å². The number of alkyl halides is 3. The van der Waals surface area contributed by atoms with E-state index in [2.05, 4.69) is 21.2 Å². The molecule has 1 unspecified atom stereocenters. The van der Waals surface area contributed by atoms with E-state index in [-0.39, 0.29) is 37.9 Å². The van der Waals surface area contributed by atoms with Crippen molar-refractivity contribution in [1.82, 2.24) is 10.2 Å². The summed E-state index contributed by atoms with van der Waals surface area (Å²) in [5, 5.41) is 2.39. The molecule has 0 bridgehead atoms. The first-order chi connectivity index (χ1) is 16.6. The first kappa shape index (κ1) is 25.4. The highest BCUT2D eigenvalue weighted by Gasteiger charge is 2.64. The van der Waals surface area contributed by atoms with Crippen LogP contribution in [0.4, 0.5) is 13.2 Å². The molecule has 0 aliphatic carbocycles. The van der Waals surface area contributed by atoms with Gasteiger partial charge in [0.2, 0.25) is 11.8 Å². The Bertz CT molecular complexity index is 1130. The lowest BCUT2D eigenvalue weighted by molar-refractivity contribution is -0.271. The van der Waals surface area contributed by atoms with Gasteiger partial charge in [-0.15, -0.1) is 0 Å². The number of amides is 3. The van der Waals surface area contributed by atoms with Gasteiger partial charge in [0.05, 0.1) is 5.92 Å². The molecule has 6 nitrogen and oxygen atoms in total. The number of hydrogen-bond donors (Lipinski definition) is 1. The number of nitrogens with zero attached hydrogens (tertiary/aromatic N) is 1. The first-order valence-corrected chi connectivity index (χ1v) is 11.9. The number of likely N-dealkylation sites (tertiary alicyclic amines) is 1. The maximum atomic E-state index is 14.4. The highest BCUT2D eigenvalue weighted by Crippen LogP contribution is 2.51. The monoisotopic (exact) mass is 552 g/mol. The minimum absolute atomic E-state index is 0.0418. The van der Waals surface area contributed by atoms with Crippen molar-refractivity contribution >= 4 is 33.7 Å². The van der Waals surface area contributed by atoms with Gasteiger partial charge in [0.1, 0.15) is 0 Å². The number of hydrogen-bond acceptors (Lipinski definition) is 4. The predicted octanol–water partition coefficient (Wildman–Crippen LogP) is 4.29. The Morgan fingerprint density at radius 3 is 2.23 bits per heavy atom. The Balaban J connectivity index is 1.66. The van der Waals surface area contributed by atoms with Crippen LogP contribution in [0.1, 0.15) is 36.3 Å². The summed E-state index contributed by atoms with van der Waals surface area (Å²) in [7, 11) is 0.872. The molecule has 2 aliphatic heterocycles. The van der Waals surface area contributed by atoms with Gasteiger partial charge >= 0.3 is 6.18 Å². The third-order valence-electron chi connectivity index (χ3n) is 7.10. The molecule has 2 aromatic carbocycles. The molecule has 10 heteroatoms. The molecule has 1 spiro atoms. The second-order valence-corrected chi connectivity index (χ2v) is 9.80. The second kappa shape index (κ2) is 9.39. The Hall–Kier alpha value is -2.72. The number of ether oxygens (including phenoxy) is 1. The van der Waals surface area contributed by atoms with Gasteiger partial charge < -0.3 is 9.64 Å². The van der Waals surface area contributed by atoms with E-state index in [9.17, 15) is 27.6 Å². The van der Waals surface area contributed by atoms with E-state index in [1.54, 1.807) is 30.3 Å². The zero-order chi connectivity index (χ0) is 25.4. The normalized spacial score (nSPS) is 22.0. The number of rotatable bonds is 4. The summed E-state index contributed by atoms with van der Waals surface area (Å²) in [6, 6.07) is 14.0. The zero-order valence-electron chi connectivity index (χ0n) is 18.9. The Morgan fingerprint density at radius 2 is 1.66 bits per heavy atom. The summed E-state index contributed by atoms with van der Waals surface area (Å²) in [6.07, 6.45) is -4.58. The quantitative estimate of drug-likeness (QED) is 0.574. The van der Waals surface area contributed by atoms with Crippen LogP contribution in [0, 0.1) is 5.41 Å². The number of imide groups is 1. The third-order valence-corrected chi connectivity index (χ3v) is 7.82. The van der Waals surface area contributed by atoms with Gasteiger partial charge in [0.15, 0.2) is 0 Å². The number of halogens is 4. The largest absolute Gasteiger partial charge is 0.430 e. The maximum Gasteiger partial charge on any atom is 0.430 e. The van der Waals surface area contributed by atoms with Gasteiger partial charge in [-0.25, -0.2) is 0 Å². The predicted molar refractivity (Wildman–Crippen MR) is 124 cm³/mol. The van der Waals surface area contributed by atoms with E-state index in [4.69, 9.17) is 4.74 Å². The average Bonchev–Trinajstić information content (AvgIpc) is 2.81. The van der Waals surface area contributed by atoms with Crippen LogP contribution in [0.25, 0.3) is 0 Å². The molecule has 0 radical (unpaired) electrons. The van der Waals surface area contributed by atoms with Gasteiger partial charge in [-0.3, -0.25) is 19.7 Å². The van der Waals surface area contributed by atoms with Crippen molar-refractivity contribution in [2.75, 3.05) is 20.2 Å². The molecule has 35 heavy (non-hydrogen) atoms. The Kier molecular flexibility index (Phi) is 6.80. The number of nitrogens with one attached hydrogen (secondary N) is 1. The highest BCUT2D eigenvalue weighted by atomic mass is 79.9. The highest BCUT2D eigenvalue weighted by molar-refractivity contribution is 9.10. The van der Waals surface area contributed by atoms with Crippen molar-refractivity contribution in [2.24, 2.45) is 5.41 Å². The second-order valence-electron chi connectivity index (χ2n) is 8.95. The Labute approximate surface area is 208 Å². The minimum atomic E-state index is -5.01. The summed E-state index contributed by atoms with van der Waals surface area (Å²) >= 11 is 3.47. The molecular formula is C25H24BrF3N2O4. The van der Waals surface area contributed by atoms with Gasteiger partial charge in [-0.1, -0.05) is 64.5 Å². The molecule has 2 aromatic rings. The molecule has 186 valence electrons. The molecule has 3 amide bonds. The molecule has 2 saturated heterocycles. The van der Waals surface area contributed by atoms with Gasteiger partial charge in [-0.2, -0.15) is 13.2 Å². The van der Waals surface area contributed by atoms with Crippen LogP contribution < -0.4 is 5.32 Å². The van der Waals surface area contributed by atoms with E-state index in [0.717, 1.165) is 12.0 Å². The summed E-state index contributed by atoms with van der Waals surface area (Å²) in [4.78, 5) is 39.9. The molecule has 1 N–H and O–H groups in total. The van der Waals surface area contributed by atoms with Crippen molar-refractivity contribution in [3.8, 4) is 0 Å². The molecule has 2 atom stereocenters. The molecule has 2 fully saturated rings. The summed E-state index contributed by atoms with van der Waals surface area (Å²) < 4.78 is 48.8. The van der Waals surface area contributed by atoms with E-state index < -0.39 is 40.8 Å². The topological polar surface area (TPSA) is 75.7 Å². The van der Waals surface area contributed by atoms with Crippen molar-refractivity contribution in [2.45, 2.75) is 37.0 Å². The molecule has 0 aromatic heterocycles. The van der Waals surface area contributed by atoms with Crippen LogP contribution in [0.2, 0.25) is 0 Å². The number of methoxy groups -OCH3 is 1. The van der Waals surface area contributed by atoms with E-state index >= 15 is 0 Å². The lowest BCUT2D eigenvalue weighted by Gasteiger charge is -2.49. The van der Waals surface area contributed by atoms with Crippen LogP contribution in [-0.4, -0.2) is 49.0 Å². The van der Waals surface area contributed by atoms with E-state index in [1.165, 1.54) is 24.3 Å². The SMILES string of the molecule is CO[C@@](C(=O)N1CCC2(CC1)CC(=O)NC(=O)C2c1ccccc1Br)(c1ccccc1)C(F)(F)F. The van der Waals surface area contributed by atoms with Crippen LogP contribution >= 0.6 is 15.9 Å². The standard InChI is InChI=1S/C25H24BrF3N2O4/c1-35-24(25(27,28)29,16-7-3-2-4-8-16)22(34)31-13-11-23(12-14-31)15-19(32)30-21(33)20(23)17-9-5-6-10-18(17)26/h2-10,20H,11-15H2,1H3,(H,30,32,33)/t20?,24-/m1/s1. The number of piperidine rings is 2. The van der Waals surface area contributed by atoms with E-state index in [1.807, 2.05) is 0 Å². The zero-order valence-corrected chi connectivity index (χ0v) is 20.5. The lowest BCUT2D eigenvalue weighted by atomic mass is 9.62. The molecule has 2 heterocycles. The van der Waals surface area contributed by atoms with Gasteiger partial charge in [0.25, 0.3) is 11.5 Å². The summed E-state index contributed by atoms with van der Waals surface area (Å²) in [5.41, 5.74) is -3.58. The molecule has 4 rings (SSSR count). The van der Waals surface area contributed by atoms with Gasteiger partial charge in [0, 0.05) is 36.7 Å². The fourth-order valence-corrected chi connectivity index (χ4v) is 5.89. The third kappa shape index (κ3) is 4.27. The maximum absolute atomic E-state index is 14.4. The number of carbonyl (C=O) groups excluding carboxylic acids is 3. The van der Waals surface area contributed by atoms with Crippen molar-refractivity contribution in [3.05, 3.63) is 70.2 Å². The smallest absolute Gasteiger partial charge is 0.356 e. The average molecular weight is 553 g/mol. The van der Waals surface area contributed by atoms with Gasteiger partial charge in [-0.05, 0) is 29.9 Å². The number of benzene rings is 2. The number of carbonyl (C=O) groups is 3. The first-order valence-electron chi connectivity index (χ1n) is 11.1. The summed E-state index contributed by atoms with van der Waals surface area (Å²) in [5.74, 6) is -2.77. The van der Waals surface area contributed by atoms with Crippen molar-refractivity contribution < 1.29 is 32.3 Å².